The second-order valence-electron chi connectivity index (χ2n) is 4.25. The summed E-state index contributed by atoms with van der Waals surface area (Å²) >= 11 is 0. The zero-order chi connectivity index (χ0) is 13.7. The molecule has 19 heavy (non-hydrogen) atoms. The number of fused-ring (bicyclic) bond motifs is 1. The number of esters is 1. The van der Waals surface area contributed by atoms with Crippen molar-refractivity contribution in [1.82, 2.24) is 4.57 Å². The van der Waals surface area contributed by atoms with Crippen molar-refractivity contribution in [2.24, 2.45) is 0 Å². The van der Waals surface area contributed by atoms with E-state index in [1.54, 1.807) is 17.6 Å². The van der Waals surface area contributed by atoms with Crippen LogP contribution in [0.1, 0.15) is 26.2 Å². The first-order chi connectivity index (χ1) is 9.22. The van der Waals surface area contributed by atoms with Gasteiger partial charge in [-0.2, -0.15) is 0 Å². The molecule has 102 valence electrons. The lowest BCUT2D eigenvalue weighted by molar-refractivity contribution is -0.143. The number of carbonyl (C=O) groups excluding carboxylic acids is 1. The first-order valence-electron chi connectivity index (χ1n) is 6.46. The van der Waals surface area contributed by atoms with Gasteiger partial charge >= 0.3 is 11.7 Å². The van der Waals surface area contributed by atoms with Gasteiger partial charge in [-0.3, -0.25) is 9.36 Å². The van der Waals surface area contributed by atoms with E-state index in [0.717, 1.165) is 11.9 Å². The van der Waals surface area contributed by atoms with Crippen molar-refractivity contribution in [3.63, 3.8) is 0 Å². The molecular weight excluding hydrogens is 246 g/mol. The van der Waals surface area contributed by atoms with Crippen molar-refractivity contribution >= 4 is 17.1 Å². The van der Waals surface area contributed by atoms with Crippen LogP contribution in [-0.2, 0) is 16.1 Å². The minimum Gasteiger partial charge on any atom is -0.466 e. The molecule has 0 saturated heterocycles. The highest BCUT2D eigenvalue weighted by Crippen LogP contribution is 2.12. The minimum absolute atomic E-state index is 0.188. The van der Waals surface area contributed by atoms with E-state index in [9.17, 15) is 9.59 Å². The monoisotopic (exact) mass is 263 g/mol. The summed E-state index contributed by atoms with van der Waals surface area (Å²) in [6.45, 7) is 2.75. The quantitative estimate of drug-likeness (QED) is 0.592. The fourth-order valence-electron chi connectivity index (χ4n) is 2.00. The molecule has 1 aromatic heterocycles. The van der Waals surface area contributed by atoms with Crippen LogP contribution < -0.4 is 5.76 Å². The average molecular weight is 263 g/mol. The van der Waals surface area contributed by atoms with Gasteiger partial charge in [-0.15, -0.1) is 0 Å². The van der Waals surface area contributed by atoms with Crippen LogP contribution in [0.4, 0.5) is 0 Å². The third-order valence-corrected chi connectivity index (χ3v) is 2.89. The highest BCUT2D eigenvalue weighted by molar-refractivity contribution is 5.72. The lowest BCUT2D eigenvalue weighted by Gasteiger charge is -2.03. The molecule has 0 bridgehead atoms. The van der Waals surface area contributed by atoms with E-state index < -0.39 is 0 Å². The van der Waals surface area contributed by atoms with Crippen molar-refractivity contribution < 1.29 is 13.9 Å². The summed E-state index contributed by atoms with van der Waals surface area (Å²) in [5, 5.41) is 0. The predicted molar refractivity (Wildman–Crippen MR) is 71.0 cm³/mol. The van der Waals surface area contributed by atoms with Gasteiger partial charge in [0.25, 0.3) is 0 Å². The van der Waals surface area contributed by atoms with E-state index in [2.05, 4.69) is 0 Å². The summed E-state index contributed by atoms with van der Waals surface area (Å²) in [5.41, 5.74) is 1.39. The Balaban J connectivity index is 1.93. The van der Waals surface area contributed by atoms with Gasteiger partial charge < -0.3 is 9.15 Å². The molecule has 0 amide bonds. The van der Waals surface area contributed by atoms with E-state index in [-0.39, 0.29) is 11.7 Å². The van der Waals surface area contributed by atoms with Gasteiger partial charge in [0.05, 0.1) is 12.1 Å². The molecule has 0 aliphatic rings. The Morgan fingerprint density at radius 2 is 2.11 bits per heavy atom. The van der Waals surface area contributed by atoms with Crippen LogP contribution in [0.3, 0.4) is 0 Å². The fraction of sp³-hybridized carbons (Fsp3) is 0.429. The van der Waals surface area contributed by atoms with Gasteiger partial charge in [-0.1, -0.05) is 12.1 Å². The van der Waals surface area contributed by atoms with Crippen molar-refractivity contribution in [3.05, 3.63) is 34.8 Å². The molecule has 5 heteroatoms. The van der Waals surface area contributed by atoms with Crippen molar-refractivity contribution in [2.75, 3.05) is 6.61 Å². The molecule has 0 aliphatic carbocycles. The first-order valence-corrected chi connectivity index (χ1v) is 6.46. The maximum atomic E-state index is 11.7. The lowest BCUT2D eigenvalue weighted by atomic mass is 10.2. The number of benzene rings is 1. The smallest absolute Gasteiger partial charge is 0.419 e. The number of hydrogen-bond acceptors (Lipinski definition) is 4. The van der Waals surface area contributed by atoms with Gasteiger partial charge in [-0.25, -0.2) is 4.79 Å². The summed E-state index contributed by atoms with van der Waals surface area (Å²) in [5.74, 6) is -0.538. The number of rotatable bonds is 6. The molecule has 0 N–H and O–H groups in total. The number of unbranched alkanes of at least 4 members (excludes halogenated alkanes) is 1. The lowest BCUT2D eigenvalue weighted by Crippen LogP contribution is -2.14. The Bertz CT molecular complexity index is 611. The standard InChI is InChI=1S/C14H17NO4/c1-2-18-13(16)9-5-6-10-15-11-7-3-4-8-12(11)19-14(15)17/h3-4,7-8H,2,5-6,9-10H2,1H3. The van der Waals surface area contributed by atoms with Gasteiger partial charge in [-0.05, 0) is 31.9 Å². The molecule has 1 heterocycles. The first kappa shape index (κ1) is 13.4. The van der Waals surface area contributed by atoms with Gasteiger partial charge in [0.1, 0.15) is 0 Å². The van der Waals surface area contributed by atoms with Gasteiger partial charge in [0, 0.05) is 13.0 Å². The second kappa shape index (κ2) is 6.22. The van der Waals surface area contributed by atoms with Crippen LogP contribution in [0.5, 0.6) is 0 Å². The van der Waals surface area contributed by atoms with E-state index in [4.69, 9.17) is 9.15 Å². The Morgan fingerprint density at radius 1 is 1.32 bits per heavy atom. The topological polar surface area (TPSA) is 61.4 Å². The van der Waals surface area contributed by atoms with Crippen molar-refractivity contribution in [1.29, 1.82) is 0 Å². The van der Waals surface area contributed by atoms with Crippen LogP contribution in [0.15, 0.2) is 33.5 Å². The third kappa shape index (κ3) is 3.24. The maximum Gasteiger partial charge on any atom is 0.419 e. The number of oxazole rings is 1. The molecule has 0 unspecified atom stereocenters. The minimum atomic E-state index is -0.350. The van der Waals surface area contributed by atoms with E-state index in [1.807, 2.05) is 18.2 Å². The van der Waals surface area contributed by atoms with Crippen LogP contribution >= 0.6 is 0 Å². The Hall–Kier alpha value is -2.04. The van der Waals surface area contributed by atoms with E-state index in [1.165, 1.54) is 0 Å². The highest BCUT2D eigenvalue weighted by Gasteiger charge is 2.08. The zero-order valence-electron chi connectivity index (χ0n) is 10.9. The molecule has 2 aromatic rings. The molecule has 0 aliphatic heterocycles. The second-order valence-corrected chi connectivity index (χ2v) is 4.25. The van der Waals surface area contributed by atoms with Crippen LogP contribution in [0.2, 0.25) is 0 Å². The molecule has 1 aromatic carbocycles. The molecule has 2 rings (SSSR count). The van der Waals surface area contributed by atoms with Crippen LogP contribution in [0.25, 0.3) is 11.1 Å². The number of ether oxygens (including phenoxy) is 1. The van der Waals surface area contributed by atoms with Crippen molar-refractivity contribution in [2.45, 2.75) is 32.7 Å². The Kier molecular flexibility index (Phi) is 4.39. The Labute approximate surface area is 110 Å². The van der Waals surface area contributed by atoms with E-state index in [0.29, 0.717) is 31.6 Å². The largest absolute Gasteiger partial charge is 0.466 e. The van der Waals surface area contributed by atoms with Crippen LogP contribution in [-0.4, -0.2) is 17.1 Å². The summed E-state index contributed by atoms with van der Waals surface area (Å²) in [7, 11) is 0. The molecular formula is C14H17NO4. The molecule has 0 fully saturated rings. The third-order valence-electron chi connectivity index (χ3n) is 2.89. The summed E-state index contributed by atoms with van der Waals surface area (Å²) in [4.78, 5) is 22.8. The summed E-state index contributed by atoms with van der Waals surface area (Å²) in [6.07, 6.45) is 1.82. The number of carbonyl (C=O) groups is 1. The number of nitrogens with zero attached hydrogens (tertiary/aromatic N) is 1. The van der Waals surface area contributed by atoms with Gasteiger partial charge in [0.15, 0.2) is 5.58 Å². The highest BCUT2D eigenvalue weighted by atomic mass is 16.5. The predicted octanol–water partition coefficient (Wildman–Crippen LogP) is 2.33. The van der Waals surface area contributed by atoms with Crippen LogP contribution in [0, 0.1) is 0 Å². The van der Waals surface area contributed by atoms with Gasteiger partial charge in [0.2, 0.25) is 0 Å². The summed E-state index contributed by atoms with van der Waals surface area (Å²) in [6, 6.07) is 7.32. The number of aromatic nitrogens is 1. The normalized spacial score (nSPS) is 10.8. The fourth-order valence-corrected chi connectivity index (χ4v) is 2.00. The number of para-hydroxylation sites is 2. The van der Waals surface area contributed by atoms with Crippen molar-refractivity contribution in [3.8, 4) is 0 Å². The summed E-state index contributed by atoms with van der Waals surface area (Å²) < 4.78 is 11.6. The molecule has 0 radical (unpaired) electrons. The SMILES string of the molecule is CCOC(=O)CCCCn1c(=O)oc2ccccc21. The molecule has 0 saturated carbocycles. The molecule has 5 nitrogen and oxygen atoms in total. The molecule has 0 spiro atoms. The molecule has 0 atom stereocenters. The zero-order valence-corrected chi connectivity index (χ0v) is 10.9. The maximum absolute atomic E-state index is 11.7. The number of aryl methyl sites for hydroxylation is 1. The number of hydrogen-bond donors (Lipinski definition) is 0. The average Bonchev–Trinajstić information content (AvgIpc) is 2.71. The Morgan fingerprint density at radius 3 is 2.89 bits per heavy atom. The van der Waals surface area contributed by atoms with E-state index >= 15 is 0 Å².